The number of hydrogen-bond acceptors (Lipinski definition) is 6. The van der Waals surface area contributed by atoms with Crippen LogP contribution in [0.1, 0.15) is 31.0 Å². The fourth-order valence-corrected chi connectivity index (χ4v) is 4.04. The lowest BCUT2D eigenvalue weighted by atomic mass is 9.88. The van der Waals surface area contributed by atoms with Gasteiger partial charge in [-0.2, -0.15) is 0 Å². The number of aliphatic imine (C=N–C) groups is 1. The molecule has 7 nitrogen and oxygen atoms in total. The van der Waals surface area contributed by atoms with Crippen LogP contribution in [0.5, 0.6) is 0 Å². The van der Waals surface area contributed by atoms with Crippen molar-refractivity contribution in [1.82, 2.24) is 9.55 Å². The summed E-state index contributed by atoms with van der Waals surface area (Å²) in [4.78, 5) is 34.6. The van der Waals surface area contributed by atoms with Crippen molar-refractivity contribution in [3.05, 3.63) is 88.6 Å². The summed E-state index contributed by atoms with van der Waals surface area (Å²) < 4.78 is 26.3. The smallest absolute Gasteiger partial charge is 0.419 e. The first kappa shape index (κ1) is 25.9. The highest BCUT2D eigenvalue weighted by molar-refractivity contribution is 6.33. The first-order valence-electron chi connectivity index (χ1n) is 11.6. The van der Waals surface area contributed by atoms with E-state index in [1.807, 2.05) is 30.3 Å². The van der Waals surface area contributed by atoms with Crippen LogP contribution >= 0.6 is 11.6 Å². The third-order valence-electron chi connectivity index (χ3n) is 5.48. The minimum absolute atomic E-state index is 0.0498. The number of imidazole rings is 1. The SMILES string of the molecule is CCOC(=O)C1C=C(C#Cc2ccccc2)N=CC1c1cn(C(=O)OCC)c(-c2c(F)cccc2Cl)n1. The molecule has 0 amide bonds. The fourth-order valence-electron chi connectivity index (χ4n) is 3.79. The van der Waals surface area contributed by atoms with E-state index in [9.17, 15) is 14.0 Å². The zero-order valence-electron chi connectivity index (χ0n) is 20.2. The van der Waals surface area contributed by atoms with Crippen molar-refractivity contribution >= 4 is 29.9 Å². The van der Waals surface area contributed by atoms with Crippen molar-refractivity contribution in [1.29, 1.82) is 0 Å². The molecule has 3 aromatic rings. The predicted octanol–water partition coefficient (Wildman–Crippen LogP) is 5.63. The molecule has 1 aliphatic rings. The van der Waals surface area contributed by atoms with E-state index >= 15 is 0 Å². The van der Waals surface area contributed by atoms with Crippen LogP contribution < -0.4 is 0 Å². The lowest BCUT2D eigenvalue weighted by Gasteiger charge is -2.21. The predicted molar refractivity (Wildman–Crippen MR) is 138 cm³/mol. The quantitative estimate of drug-likeness (QED) is 0.322. The number of benzene rings is 2. The van der Waals surface area contributed by atoms with Crippen LogP contribution in [-0.4, -0.2) is 41.0 Å². The number of ether oxygens (including phenoxy) is 2. The summed E-state index contributed by atoms with van der Waals surface area (Å²) >= 11 is 6.27. The summed E-state index contributed by atoms with van der Waals surface area (Å²) in [6.45, 7) is 3.63. The molecule has 2 atom stereocenters. The zero-order valence-corrected chi connectivity index (χ0v) is 20.9. The summed E-state index contributed by atoms with van der Waals surface area (Å²) in [5.74, 6) is 3.23. The van der Waals surface area contributed by atoms with E-state index in [4.69, 9.17) is 21.1 Å². The molecule has 1 aliphatic heterocycles. The van der Waals surface area contributed by atoms with E-state index in [-0.39, 0.29) is 35.3 Å². The number of carbonyl (C=O) groups excluding carboxylic acids is 2. The van der Waals surface area contributed by atoms with Gasteiger partial charge in [0, 0.05) is 18.0 Å². The average molecular weight is 520 g/mol. The molecule has 0 fully saturated rings. The van der Waals surface area contributed by atoms with Crippen LogP contribution in [0, 0.1) is 23.6 Å². The number of aromatic nitrogens is 2. The highest BCUT2D eigenvalue weighted by atomic mass is 35.5. The lowest BCUT2D eigenvalue weighted by molar-refractivity contribution is -0.146. The van der Waals surface area contributed by atoms with Crippen molar-refractivity contribution in [3.8, 4) is 23.2 Å². The van der Waals surface area contributed by atoms with Crippen molar-refractivity contribution < 1.29 is 23.5 Å². The largest absolute Gasteiger partial charge is 0.466 e. The molecule has 0 bridgehead atoms. The van der Waals surface area contributed by atoms with E-state index in [1.165, 1.54) is 30.6 Å². The minimum Gasteiger partial charge on any atom is -0.466 e. The molecule has 9 heteroatoms. The summed E-state index contributed by atoms with van der Waals surface area (Å²) in [5, 5.41) is 0.0697. The van der Waals surface area contributed by atoms with Gasteiger partial charge in [0.05, 0.1) is 41.3 Å². The van der Waals surface area contributed by atoms with Gasteiger partial charge in [-0.25, -0.2) is 18.7 Å². The number of hydrogen-bond donors (Lipinski definition) is 0. The van der Waals surface area contributed by atoms with Crippen LogP contribution in [0.4, 0.5) is 9.18 Å². The number of esters is 1. The van der Waals surface area contributed by atoms with Gasteiger partial charge in [0.25, 0.3) is 0 Å². The minimum atomic E-state index is -0.827. The van der Waals surface area contributed by atoms with E-state index in [1.54, 1.807) is 19.9 Å². The molecule has 1 aromatic heterocycles. The first-order chi connectivity index (χ1) is 17.9. The van der Waals surface area contributed by atoms with Crippen LogP contribution in [0.2, 0.25) is 5.02 Å². The molecule has 2 heterocycles. The fraction of sp³-hybridized carbons (Fsp3) is 0.214. The van der Waals surface area contributed by atoms with Gasteiger partial charge < -0.3 is 9.47 Å². The maximum atomic E-state index is 14.8. The van der Waals surface area contributed by atoms with E-state index in [0.29, 0.717) is 5.70 Å². The monoisotopic (exact) mass is 519 g/mol. The third-order valence-corrected chi connectivity index (χ3v) is 5.80. The molecular weight excluding hydrogens is 497 g/mol. The Labute approximate surface area is 218 Å². The zero-order chi connectivity index (χ0) is 26.4. The van der Waals surface area contributed by atoms with Gasteiger partial charge >= 0.3 is 12.1 Å². The lowest BCUT2D eigenvalue weighted by Crippen LogP contribution is -2.26. The van der Waals surface area contributed by atoms with Crippen LogP contribution in [0.3, 0.4) is 0 Å². The molecule has 4 rings (SSSR count). The van der Waals surface area contributed by atoms with Crippen molar-refractivity contribution in [2.45, 2.75) is 19.8 Å². The highest BCUT2D eigenvalue weighted by Crippen LogP contribution is 2.35. The standard InChI is InChI=1S/C28H23ClFN3O4/c1-3-36-27(34)20-15-19(14-13-18-9-6-5-7-10-18)31-16-21(20)24-17-33(28(35)37-4-2)26(32-24)25-22(29)11-8-12-23(25)30/h5-12,15-17,20-21H,3-4H2,1-2H3. The molecule has 0 radical (unpaired) electrons. The topological polar surface area (TPSA) is 82.8 Å². The molecule has 0 N–H and O–H groups in total. The number of halogens is 2. The van der Waals surface area contributed by atoms with Crippen LogP contribution in [0.15, 0.2) is 71.5 Å². The van der Waals surface area contributed by atoms with Gasteiger partial charge in [-0.15, -0.1) is 0 Å². The second-order valence-electron chi connectivity index (χ2n) is 7.90. The number of rotatable bonds is 5. The van der Waals surface area contributed by atoms with E-state index in [0.717, 1.165) is 10.1 Å². The molecule has 0 spiro atoms. The molecule has 2 unspecified atom stereocenters. The summed E-state index contributed by atoms with van der Waals surface area (Å²) in [6, 6.07) is 13.5. The summed E-state index contributed by atoms with van der Waals surface area (Å²) in [5.41, 5.74) is 1.41. The second-order valence-corrected chi connectivity index (χ2v) is 8.31. The molecule has 0 saturated carbocycles. The highest BCUT2D eigenvalue weighted by Gasteiger charge is 2.34. The number of allylic oxidation sites excluding steroid dienone is 1. The number of carbonyl (C=O) groups is 2. The normalized spacial score (nSPS) is 16.4. The molecule has 0 saturated heterocycles. The van der Waals surface area contributed by atoms with Gasteiger partial charge in [0.2, 0.25) is 0 Å². The molecular formula is C28H23ClFN3O4. The van der Waals surface area contributed by atoms with Gasteiger partial charge in [-0.3, -0.25) is 9.79 Å². The summed E-state index contributed by atoms with van der Waals surface area (Å²) in [6.07, 6.45) is 3.77. The van der Waals surface area contributed by atoms with Crippen LogP contribution in [-0.2, 0) is 14.3 Å². The Kier molecular flexibility index (Phi) is 8.16. The maximum Gasteiger partial charge on any atom is 0.419 e. The maximum absolute atomic E-state index is 14.8. The van der Waals surface area contributed by atoms with Crippen molar-refractivity contribution in [2.24, 2.45) is 10.9 Å². The second kappa shape index (κ2) is 11.7. The average Bonchev–Trinajstić information content (AvgIpc) is 3.33. The Bertz CT molecular complexity index is 1420. The molecule has 37 heavy (non-hydrogen) atoms. The van der Waals surface area contributed by atoms with Crippen LogP contribution in [0.25, 0.3) is 11.4 Å². The van der Waals surface area contributed by atoms with E-state index in [2.05, 4.69) is 21.8 Å². The molecule has 188 valence electrons. The van der Waals surface area contributed by atoms with Gasteiger partial charge in [-0.1, -0.05) is 41.8 Å². The van der Waals surface area contributed by atoms with E-state index < -0.39 is 29.7 Å². The third kappa shape index (κ3) is 5.79. The summed E-state index contributed by atoms with van der Waals surface area (Å²) in [7, 11) is 0. The van der Waals surface area contributed by atoms with Crippen molar-refractivity contribution in [3.63, 3.8) is 0 Å². The number of nitrogens with zero attached hydrogens (tertiary/aromatic N) is 3. The Morgan fingerprint density at radius 1 is 1.05 bits per heavy atom. The van der Waals surface area contributed by atoms with Gasteiger partial charge in [-0.05, 0) is 50.1 Å². The Hall–Kier alpha value is -4.22. The Morgan fingerprint density at radius 2 is 1.81 bits per heavy atom. The van der Waals surface area contributed by atoms with Crippen molar-refractivity contribution in [2.75, 3.05) is 13.2 Å². The van der Waals surface area contributed by atoms with Gasteiger partial charge in [0.1, 0.15) is 11.5 Å². The Balaban J connectivity index is 1.77. The first-order valence-corrected chi connectivity index (χ1v) is 12.0. The molecule has 2 aromatic carbocycles. The molecule has 0 aliphatic carbocycles. The van der Waals surface area contributed by atoms with Gasteiger partial charge in [0.15, 0.2) is 5.82 Å². The Morgan fingerprint density at radius 3 is 2.51 bits per heavy atom.